The minimum atomic E-state index is -0.531. The Kier molecular flexibility index (Phi) is 5.28. The zero-order valence-corrected chi connectivity index (χ0v) is 12.8. The van der Waals surface area contributed by atoms with Gasteiger partial charge >= 0.3 is 5.97 Å². The summed E-state index contributed by atoms with van der Waals surface area (Å²) in [5, 5.41) is 8.86. The molecule has 112 valence electrons. The van der Waals surface area contributed by atoms with Crippen molar-refractivity contribution in [3.8, 4) is 6.07 Å². The van der Waals surface area contributed by atoms with Crippen LogP contribution in [0.3, 0.4) is 0 Å². The van der Waals surface area contributed by atoms with Crippen LogP contribution in [0.2, 0.25) is 0 Å². The maximum absolute atomic E-state index is 12.2. The number of hydrogen-bond donors (Lipinski definition) is 0. The molecule has 2 aromatic rings. The summed E-state index contributed by atoms with van der Waals surface area (Å²) in [5.41, 5.74) is 0.595. The molecule has 1 amide bonds. The summed E-state index contributed by atoms with van der Waals surface area (Å²) in [4.78, 5) is 26.7. The summed E-state index contributed by atoms with van der Waals surface area (Å²) in [6.07, 6.45) is 0. The first-order valence-corrected chi connectivity index (χ1v) is 7.39. The molecular weight excluding hydrogens is 300 g/mol. The number of carbonyl (C=O) groups is 2. The Morgan fingerprint density at radius 2 is 1.95 bits per heavy atom. The second-order valence-corrected chi connectivity index (χ2v) is 5.75. The Bertz CT molecular complexity index is 704. The zero-order chi connectivity index (χ0) is 15.9. The molecule has 0 saturated heterocycles. The van der Waals surface area contributed by atoms with E-state index in [-0.39, 0.29) is 6.54 Å². The molecule has 0 spiro atoms. The molecule has 0 fully saturated rings. The van der Waals surface area contributed by atoms with E-state index in [9.17, 15) is 9.59 Å². The molecule has 1 heterocycles. The van der Waals surface area contributed by atoms with Crippen molar-refractivity contribution in [2.75, 3.05) is 18.1 Å². The Morgan fingerprint density at radius 3 is 2.55 bits per heavy atom. The van der Waals surface area contributed by atoms with Crippen molar-refractivity contribution in [2.24, 2.45) is 0 Å². The lowest BCUT2D eigenvalue weighted by Gasteiger charge is -2.19. The van der Waals surface area contributed by atoms with Crippen molar-refractivity contribution in [1.29, 1.82) is 5.26 Å². The van der Waals surface area contributed by atoms with E-state index in [1.807, 2.05) is 25.1 Å². The lowest BCUT2D eigenvalue weighted by Crippen LogP contribution is -2.35. The van der Waals surface area contributed by atoms with Crippen molar-refractivity contribution >= 4 is 28.9 Å². The molecular formula is C16H14N2O3S. The van der Waals surface area contributed by atoms with Crippen molar-refractivity contribution < 1.29 is 14.3 Å². The van der Waals surface area contributed by atoms with Crippen LogP contribution < -0.4 is 4.90 Å². The number of aryl methyl sites for hydroxylation is 1. The van der Waals surface area contributed by atoms with E-state index in [2.05, 4.69) is 0 Å². The van der Waals surface area contributed by atoms with Gasteiger partial charge in [-0.25, -0.2) is 4.79 Å². The molecule has 0 N–H and O–H groups in total. The Hall–Kier alpha value is -2.65. The van der Waals surface area contributed by atoms with Crippen LogP contribution in [-0.4, -0.2) is 25.0 Å². The summed E-state index contributed by atoms with van der Waals surface area (Å²) in [6.45, 7) is 1.39. The van der Waals surface area contributed by atoms with E-state index in [0.717, 1.165) is 4.88 Å². The van der Waals surface area contributed by atoms with Crippen LogP contribution in [0.5, 0.6) is 0 Å². The molecule has 1 aromatic carbocycles. The van der Waals surface area contributed by atoms with Crippen LogP contribution >= 0.6 is 11.3 Å². The van der Waals surface area contributed by atoms with Gasteiger partial charge in [-0.15, -0.1) is 11.3 Å². The lowest BCUT2D eigenvalue weighted by molar-refractivity contribution is -0.121. The van der Waals surface area contributed by atoms with Crippen LogP contribution in [0, 0.1) is 18.3 Å². The molecule has 0 saturated carbocycles. The number of ether oxygens (including phenoxy) is 1. The highest BCUT2D eigenvalue weighted by Crippen LogP contribution is 2.17. The first kappa shape index (κ1) is 15.7. The van der Waals surface area contributed by atoms with Gasteiger partial charge in [-0.1, -0.05) is 18.2 Å². The molecule has 2 rings (SSSR count). The lowest BCUT2D eigenvalue weighted by atomic mass is 10.3. The summed E-state index contributed by atoms with van der Waals surface area (Å²) in [7, 11) is 0. The maximum atomic E-state index is 12.2. The second-order valence-electron chi connectivity index (χ2n) is 4.46. The third kappa shape index (κ3) is 3.93. The molecule has 6 heteroatoms. The van der Waals surface area contributed by atoms with Gasteiger partial charge in [-0.2, -0.15) is 5.26 Å². The quantitative estimate of drug-likeness (QED) is 0.628. The molecule has 0 aliphatic heterocycles. The standard InChI is InChI=1S/C16H14N2O3S/c1-12-7-8-14(22-12)16(20)21-11-15(19)18(10-9-17)13-5-3-2-4-6-13/h2-8H,10-11H2,1H3. The Balaban J connectivity index is 2.00. The third-order valence-corrected chi connectivity index (χ3v) is 3.85. The summed E-state index contributed by atoms with van der Waals surface area (Å²) < 4.78 is 5.02. The van der Waals surface area contributed by atoms with Crippen molar-refractivity contribution in [3.63, 3.8) is 0 Å². The Morgan fingerprint density at radius 1 is 1.23 bits per heavy atom. The van der Waals surface area contributed by atoms with E-state index in [4.69, 9.17) is 10.00 Å². The number of thiophene rings is 1. The number of rotatable bonds is 5. The Labute approximate surface area is 132 Å². The van der Waals surface area contributed by atoms with Gasteiger partial charge in [0.05, 0.1) is 6.07 Å². The monoisotopic (exact) mass is 314 g/mol. The van der Waals surface area contributed by atoms with Crippen LogP contribution in [0.1, 0.15) is 14.5 Å². The van der Waals surface area contributed by atoms with Crippen LogP contribution in [0.4, 0.5) is 5.69 Å². The van der Waals surface area contributed by atoms with Gasteiger partial charge in [-0.05, 0) is 31.2 Å². The molecule has 0 radical (unpaired) electrons. The first-order chi connectivity index (χ1) is 10.6. The number of para-hydroxylation sites is 1. The van der Waals surface area contributed by atoms with Gasteiger partial charge in [0, 0.05) is 10.6 Å². The molecule has 0 aliphatic carbocycles. The molecule has 0 bridgehead atoms. The number of anilines is 1. The maximum Gasteiger partial charge on any atom is 0.348 e. The molecule has 5 nitrogen and oxygen atoms in total. The minimum absolute atomic E-state index is 0.0987. The second kappa shape index (κ2) is 7.38. The van der Waals surface area contributed by atoms with E-state index < -0.39 is 18.5 Å². The number of nitriles is 1. The highest BCUT2D eigenvalue weighted by Gasteiger charge is 2.18. The fourth-order valence-electron chi connectivity index (χ4n) is 1.82. The predicted octanol–water partition coefficient (Wildman–Crippen LogP) is 2.77. The molecule has 0 atom stereocenters. The van der Waals surface area contributed by atoms with Gasteiger partial charge in [-0.3, -0.25) is 9.69 Å². The van der Waals surface area contributed by atoms with Gasteiger partial charge < -0.3 is 4.74 Å². The molecule has 0 aliphatic rings. The number of nitrogens with zero attached hydrogens (tertiary/aromatic N) is 2. The predicted molar refractivity (Wildman–Crippen MR) is 83.7 cm³/mol. The van der Waals surface area contributed by atoms with Crippen molar-refractivity contribution in [1.82, 2.24) is 0 Å². The van der Waals surface area contributed by atoms with Gasteiger partial charge in [0.1, 0.15) is 11.4 Å². The normalized spacial score (nSPS) is 9.82. The molecule has 1 aromatic heterocycles. The van der Waals surface area contributed by atoms with E-state index in [1.54, 1.807) is 30.3 Å². The highest BCUT2D eigenvalue weighted by atomic mass is 32.1. The van der Waals surface area contributed by atoms with Gasteiger partial charge in [0.25, 0.3) is 5.91 Å². The van der Waals surface area contributed by atoms with E-state index in [1.165, 1.54) is 16.2 Å². The fourth-order valence-corrected chi connectivity index (χ4v) is 2.58. The number of esters is 1. The number of hydrogen-bond acceptors (Lipinski definition) is 5. The van der Waals surface area contributed by atoms with E-state index in [0.29, 0.717) is 10.6 Å². The largest absolute Gasteiger partial charge is 0.451 e. The summed E-state index contributed by atoms with van der Waals surface area (Å²) in [5.74, 6) is -0.967. The topological polar surface area (TPSA) is 70.4 Å². The molecule has 22 heavy (non-hydrogen) atoms. The summed E-state index contributed by atoms with van der Waals surface area (Å²) >= 11 is 1.31. The average Bonchev–Trinajstić information content (AvgIpc) is 2.97. The van der Waals surface area contributed by atoms with E-state index >= 15 is 0 Å². The van der Waals surface area contributed by atoms with Crippen molar-refractivity contribution in [2.45, 2.75) is 6.92 Å². The third-order valence-electron chi connectivity index (χ3n) is 2.87. The first-order valence-electron chi connectivity index (χ1n) is 6.57. The minimum Gasteiger partial charge on any atom is -0.451 e. The van der Waals surface area contributed by atoms with Crippen molar-refractivity contribution in [3.05, 3.63) is 52.2 Å². The highest BCUT2D eigenvalue weighted by molar-refractivity contribution is 7.13. The summed E-state index contributed by atoms with van der Waals surface area (Å²) in [6, 6.07) is 14.2. The van der Waals surface area contributed by atoms with Crippen LogP contribution in [0.15, 0.2) is 42.5 Å². The number of amides is 1. The fraction of sp³-hybridized carbons (Fsp3) is 0.188. The smallest absolute Gasteiger partial charge is 0.348 e. The zero-order valence-electron chi connectivity index (χ0n) is 12.0. The van der Waals surface area contributed by atoms with Crippen LogP contribution in [0.25, 0.3) is 0 Å². The average molecular weight is 314 g/mol. The molecule has 0 unspecified atom stereocenters. The van der Waals surface area contributed by atoms with Crippen LogP contribution in [-0.2, 0) is 9.53 Å². The number of benzene rings is 1. The van der Waals surface area contributed by atoms with Gasteiger partial charge in [0.15, 0.2) is 6.61 Å². The van der Waals surface area contributed by atoms with Gasteiger partial charge in [0.2, 0.25) is 0 Å². The SMILES string of the molecule is Cc1ccc(C(=O)OCC(=O)N(CC#N)c2ccccc2)s1. The number of carbonyl (C=O) groups excluding carboxylic acids is 2.